The van der Waals surface area contributed by atoms with Crippen molar-refractivity contribution in [1.29, 1.82) is 0 Å². The van der Waals surface area contributed by atoms with E-state index in [1.54, 1.807) is 0 Å². The highest BCUT2D eigenvalue weighted by atomic mass is 15.1. The van der Waals surface area contributed by atoms with Crippen LogP contribution in [0.1, 0.15) is 31.5 Å². The van der Waals surface area contributed by atoms with Gasteiger partial charge < -0.3 is 10.6 Å². The molecule has 0 unspecified atom stereocenters. The number of nitrogens with one attached hydrogen (secondary N) is 2. The fourth-order valence-electron chi connectivity index (χ4n) is 1.75. The molecule has 76 valence electrons. The maximum absolute atomic E-state index is 4.46. The van der Waals surface area contributed by atoms with Crippen molar-refractivity contribution in [2.75, 3.05) is 18.4 Å². The molecule has 0 bridgehead atoms. The number of aromatic nitrogens is 2. The lowest BCUT2D eigenvalue weighted by atomic mass is 10.1. The van der Waals surface area contributed by atoms with Crippen molar-refractivity contribution in [2.45, 2.75) is 25.8 Å². The second-order valence-corrected chi connectivity index (χ2v) is 3.48. The first-order chi connectivity index (χ1) is 6.90. The molecule has 4 heteroatoms. The first kappa shape index (κ1) is 9.40. The highest BCUT2D eigenvalue weighted by Crippen LogP contribution is 2.21. The summed E-state index contributed by atoms with van der Waals surface area (Å²) in [5, 5.41) is 6.55. The third-order valence-electron chi connectivity index (χ3n) is 2.43. The summed E-state index contributed by atoms with van der Waals surface area (Å²) in [6.45, 7) is 4.01. The Balaban J connectivity index is 2.12. The molecule has 0 aromatic carbocycles. The van der Waals surface area contributed by atoms with Crippen LogP contribution in [0.15, 0.2) is 12.3 Å². The summed E-state index contributed by atoms with van der Waals surface area (Å²) >= 11 is 0. The molecule has 14 heavy (non-hydrogen) atoms. The van der Waals surface area contributed by atoms with E-state index < -0.39 is 0 Å². The standard InChI is InChI=1S/C10H16N4/c1-2-11-10-13-7-5-9(14-10)8-4-3-6-12-8/h5,7-8,12H,2-4,6H2,1H3,(H,11,13,14)/t8-/m0/s1. The zero-order valence-electron chi connectivity index (χ0n) is 8.45. The molecule has 1 fully saturated rings. The number of anilines is 1. The first-order valence-electron chi connectivity index (χ1n) is 5.20. The molecular formula is C10H16N4. The largest absolute Gasteiger partial charge is 0.354 e. The van der Waals surface area contributed by atoms with Crippen LogP contribution in [-0.2, 0) is 0 Å². The Bertz CT molecular complexity index is 294. The van der Waals surface area contributed by atoms with E-state index in [9.17, 15) is 0 Å². The minimum atomic E-state index is 0.426. The molecule has 2 N–H and O–H groups in total. The van der Waals surface area contributed by atoms with Crippen LogP contribution < -0.4 is 10.6 Å². The van der Waals surface area contributed by atoms with Gasteiger partial charge in [-0.05, 0) is 32.4 Å². The summed E-state index contributed by atoms with van der Waals surface area (Å²) in [5.74, 6) is 0.735. The fraction of sp³-hybridized carbons (Fsp3) is 0.600. The average molecular weight is 192 g/mol. The SMILES string of the molecule is CCNc1nccc([C@@H]2CCCN2)n1. The lowest BCUT2D eigenvalue weighted by molar-refractivity contribution is 0.626. The molecule has 2 rings (SSSR count). The van der Waals surface area contributed by atoms with E-state index in [1.807, 2.05) is 19.2 Å². The summed E-state index contributed by atoms with van der Waals surface area (Å²) in [6.07, 6.45) is 4.24. The van der Waals surface area contributed by atoms with Gasteiger partial charge in [0, 0.05) is 18.8 Å². The predicted octanol–water partition coefficient (Wildman–Crippen LogP) is 1.33. The zero-order valence-corrected chi connectivity index (χ0v) is 8.45. The second kappa shape index (κ2) is 4.37. The Kier molecular flexibility index (Phi) is 2.93. The van der Waals surface area contributed by atoms with Gasteiger partial charge in [-0.25, -0.2) is 9.97 Å². The molecule has 0 spiro atoms. The van der Waals surface area contributed by atoms with Crippen molar-refractivity contribution in [3.05, 3.63) is 18.0 Å². The molecule has 1 aromatic rings. The quantitative estimate of drug-likeness (QED) is 0.758. The maximum atomic E-state index is 4.46. The van der Waals surface area contributed by atoms with Gasteiger partial charge in [0.1, 0.15) is 0 Å². The average Bonchev–Trinajstić information content (AvgIpc) is 2.71. The van der Waals surface area contributed by atoms with Gasteiger partial charge in [-0.2, -0.15) is 0 Å². The summed E-state index contributed by atoms with van der Waals surface area (Å²) < 4.78 is 0. The van der Waals surface area contributed by atoms with Gasteiger partial charge >= 0.3 is 0 Å². The maximum Gasteiger partial charge on any atom is 0.222 e. The smallest absolute Gasteiger partial charge is 0.222 e. The van der Waals surface area contributed by atoms with Crippen molar-refractivity contribution < 1.29 is 0 Å². The van der Waals surface area contributed by atoms with Crippen LogP contribution in [-0.4, -0.2) is 23.1 Å². The van der Waals surface area contributed by atoms with E-state index in [2.05, 4.69) is 20.6 Å². The van der Waals surface area contributed by atoms with Crippen molar-refractivity contribution in [2.24, 2.45) is 0 Å². The minimum absolute atomic E-state index is 0.426. The topological polar surface area (TPSA) is 49.8 Å². The van der Waals surface area contributed by atoms with Gasteiger partial charge in [-0.1, -0.05) is 0 Å². The Labute approximate surface area is 84.2 Å². The van der Waals surface area contributed by atoms with Crippen LogP contribution in [0.25, 0.3) is 0 Å². The van der Waals surface area contributed by atoms with Crippen molar-refractivity contribution >= 4 is 5.95 Å². The van der Waals surface area contributed by atoms with Gasteiger partial charge in [-0.15, -0.1) is 0 Å². The van der Waals surface area contributed by atoms with Crippen molar-refractivity contribution in [3.8, 4) is 0 Å². The van der Waals surface area contributed by atoms with E-state index in [1.165, 1.54) is 12.8 Å². The zero-order chi connectivity index (χ0) is 9.80. The van der Waals surface area contributed by atoms with Crippen LogP contribution in [0, 0.1) is 0 Å². The molecule has 0 radical (unpaired) electrons. The lowest BCUT2D eigenvalue weighted by Crippen LogP contribution is -2.15. The van der Waals surface area contributed by atoms with E-state index in [4.69, 9.17) is 0 Å². The van der Waals surface area contributed by atoms with Crippen LogP contribution in [0.2, 0.25) is 0 Å². The third kappa shape index (κ3) is 2.01. The predicted molar refractivity (Wildman–Crippen MR) is 56.2 cm³/mol. The van der Waals surface area contributed by atoms with Gasteiger partial charge in [0.05, 0.1) is 5.69 Å². The highest BCUT2D eigenvalue weighted by molar-refractivity contribution is 5.26. The first-order valence-corrected chi connectivity index (χ1v) is 5.20. The van der Waals surface area contributed by atoms with Gasteiger partial charge in [0.2, 0.25) is 5.95 Å². The summed E-state index contributed by atoms with van der Waals surface area (Å²) in [7, 11) is 0. The molecule has 1 atom stereocenters. The minimum Gasteiger partial charge on any atom is -0.354 e. The second-order valence-electron chi connectivity index (χ2n) is 3.48. The van der Waals surface area contributed by atoms with E-state index in [0.717, 1.165) is 24.7 Å². The number of hydrogen-bond donors (Lipinski definition) is 2. The molecule has 0 amide bonds. The monoisotopic (exact) mass is 192 g/mol. The normalized spacial score (nSPS) is 21.1. The molecule has 0 saturated carbocycles. The Morgan fingerprint density at radius 1 is 1.64 bits per heavy atom. The van der Waals surface area contributed by atoms with Gasteiger partial charge in [0.25, 0.3) is 0 Å². The number of nitrogens with zero attached hydrogens (tertiary/aromatic N) is 2. The molecule has 2 heterocycles. The molecule has 0 aliphatic carbocycles. The molecule has 1 aromatic heterocycles. The van der Waals surface area contributed by atoms with E-state index >= 15 is 0 Å². The molecular weight excluding hydrogens is 176 g/mol. The number of rotatable bonds is 3. The van der Waals surface area contributed by atoms with Crippen LogP contribution in [0.5, 0.6) is 0 Å². The van der Waals surface area contributed by atoms with E-state index in [0.29, 0.717) is 6.04 Å². The molecule has 1 aliphatic heterocycles. The lowest BCUT2D eigenvalue weighted by Gasteiger charge is -2.10. The fourth-order valence-corrected chi connectivity index (χ4v) is 1.75. The summed E-state index contributed by atoms with van der Waals surface area (Å²) in [6, 6.07) is 2.42. The van der Waals surface area contributed by atoms with Gasteiger partial charge in [-0.3, -0.25) is 0 Å². The molecule has 1 saturated heterocycles. The summed E-state index contributed by atoms with van der Waals surface area (Å²) in [5.41, 5.74) is 1.11. The van der Waals surface area contributed by atoms with Crippen LogP contribution >= 0.6 is 0 Å². The third-order valence-corrected chi connectivity index (χ3v) is 2.43. The van der Waals surface area contributed by atoms with Crippen LogP contribution in [0.3, 0.4) is 0 Å². The Hall–Kier alpha value is -1.16. The Morgan fingerprint density at radius 2 is 2.57 bits per heavy atom. The Morgan fingerprint density at radius 3 is 3.29 bits per heavy atom. The van der Waals surface area contributed by atoms with Crippen molar-refractivity contribution in [3.63, 3.8) is 0 Å². The van der Waals surface area contributed by atoms with Gasteiger partial charge in [0.15, 0.2) is 0 Å². The molecule has 1 aliphatic rings. The molecule has 4 nitrogen and oxygen atoms in total. The van der Waals surface area contributed by atoms with Crippen LogP contribution in [0.4, 0.5) is 5.95 Å². The van der Waals surface area contributed by atoms with E-state index in [-0.39, 0.29) is 0 Å². The number of hydrogen-bond acceptors (Lipinski definition) is 4. The highest BCUT2D eigenvalue weighted by Gasteiger charge is 2.17. The van der Waals surface area contributed by atoms with Crippen molar-refractivity contribution in [1.82, 2.24) is 15.3 Å². The summed E-state index contributed by atoms with van der Waals surface area (Å²) in [4.78, 5) is 8.61.